The second kappa shape index (κ2) is 3.79. The molecule has 74 valence electrons. The number of alkyl halides is 1. The van der Waals surface area contributed by atoms with Crippen LogP contribution in [0.4, 0.5) is 0 Å². The number of aromatic hydroxyl groups is 1. The Balaban J connectivity index is 2.64. The van der Waals surface area contributed by atoms with Gasteiger partial charge in [-0.2, -0.15) is 0 Å². The SMILES string of the molecule is CCc1cc2sc(CCl)cc2cc1O. The zero-order valence-corrected chi connectivity index (χ0v) is 9.45. The number of rotatable bonds is 2. The Kier molecular flexibility index (Phi) is 2.66. The first-order valence-corrected chi connectivity index (χ1v) is 5.90. The van der Waals surface area contributed by atoms with E-state index in [9.17, 15) is 5.11 Å². The molecule has 0 saturated heterocycles. The summed E-state index contributed by atoms with van der Waals surface area (Å²) in [5, 5.41) is 10.7. The van der Waals surface area contributed by atoms with Crippen molar-refractivity contribution in [1.29, 1.82) is 0 Å². The van der Waals surface area contributed by atoms with Gasteiger partial charge in [-0.1, -0.05) is 6.92 Å². The number of thiophene rings is 1. The zero-order chi connectivity index (χ0) is 10.1. The molecule has 2 rings (SSSR count). The molecule has 0 unspecified atom stereocenters. The van der Waals surface area contributed by atoms with Gasteiger partial charge in [0.1, 0.15) is 5.75 Å². The summed E-state index contributed by atoms with van der Waals surface area (Å²) in [7, 11) is 0. The molecule has 0 amide bonds. The van der Waals surface area contributed by atoms with Crippen molar-refractivity contribution in [2.24, 2.45) is 0 Å². The van der Waals surface area contributed by atoms with Gasteiger partial charge >= 0.3 is 0 Å². The van der Waals surface area contributed by atoms with Crippen LogP contribution in [0.5, 0.6) is 5.75 Å². The van der Waals surface area contributed by atoms with Crippen LogP contribution in [0.1, 0.15) is 17.4 Å². The second-order valence-corrected chi connectivity index (χ2v) is 4.65. The lowest BCUT2D eigenvalue weighted by Crippen LogP contribution is -1.79. The molecule has 0 atom stereocenters. The van der Waals surface area contributed by atoms with Gasteiger partial charge in [0.25, 0.3) is 0 Å². The number of benzene rings is 1. The van der Waals surface area contributed by atoms with E-state index < -0.39 is 0 Å². The predicted molar refractivity (Wildman–Crippen MR) is 62.4 cm³/mol. The van der Waals surface area contributed by atoms with Crippen LogP contribution in [0.15, 0.2) is 18.2 Å². The lowest BCUT2D eigenvalue weighted by atomic mass is 10.1. The number of halogens is 1. The molecule has 14 heavy (non-hydrogen) atoms. The molecule has 1 aromatic heterocycles. The first kappa shape index (κ1) is 9.81. The summed E-state index contributed by atoms with van der Waals surface area (Å²) in [6.07, 6.45) is 0.857. The Hall–Kier alpha value is -0.730. The van der Waals surface area contributed by atoms with Gasteiger partial charge in [0, 0.05) is 9.58 Å². The number of hydrogen-bond acceptors (Lipinski definition) is 2. The van der Waals surface area contributed by atoms with Gasteiger partial charge in [0.05, 0.1) is 5.88 Å². The standard InChI is InChI=1S/C11H11ClOS/c1-2-7-5-11-8(4-10(7)13)3-9(6-12)14-11/h3-5,13H,2,6H2,1H3. The van der Waals surface area contributed by atoms with Crippen molar-refractivity contribution in [3.63, 3.8) is 0 Å². The highest BCUT2D eigenvalue weighted by Crippen LogP contribution is 2.32. The van der Waals surface area contributed by atoms with Gasteiger partial charge in [0.15, 0.2) is 0 Å². The van der Waals surface area contributed by atoms with Gasteiger partial charge < -0.3 is 5.11 Å². The van der Waals surface area contributed by atoms with E-state index in [1.54, 1.807) is 11.3 Å². The van der Waals surface area contributed by atoms with E-state index in [0.29, 0.717) is 11.6 Å². The number of fused-ring (bicyclic) bond motifs is 1. The van der Waals surface area contributed by atoms with Gasteiger partial charge in [-0.15, -0.1) is 22.9 Å². The second-order valence-electron chi connectivity index (χ2n) is 3.22. The normalized spacial score (nSPS) is 11.0. The summed E-state index contributed by atoms with van der Waals surface area (Å²) in [4.78, 5) is 1.15. The van der Waals surface area contributed by atoms with E-state index in [1.165, 1.54) is 4.70 Å². The third-order valence-corrected chi connectivity index (χ3v) is 3.83. The molecule has 0 aliphatic rings. The maximum absolute atomic E-state index is 9.66. The van der Waals surface area contributed by atoms with Crippen molar-refractivity contribution in [2.45, 2.75) is 19.2 Å². The van der Waals surface area contributed by atoms with Gasteiger partial charge in [-0.3, -0.25) is 0 Å². The summed E-state index contributed by atoms with van der Waals surface area (Å²) in [5.41, 5.74) is 1.00. The topological polar surface area (TPSA) is 20.2 Å². The average molecular weight is 227 g/mol. The third-order valence-electron chi connectivity index (χ3n) is 2.28. The molecule has 0 saturated carbocycles. The Morgan fingerprint density at radius 1 is 1.36 bits per heavy atom. The van der Waals surface area contributed by atoms with Crippen molar-refractivity contribution >= 4 is 33.0 Å². The highest BCUT2D eigenvalue weighted by Gasteiger charge is 2.05. The smallest absolute Gasteiger partial charge is 0.119 e. The van der Waals surface area contributed by atoms with Crippen molar-refractivity contribution < 1.29 is 5.11 Å². The summed E-state index contributed by atoms with van der Waals surface area (Å²) in [6.45, 7) is 2.04. The van der Waals surface area contributed by atoms with E-state index in [4.69, 9.17) is 11.6 Å². The fourth-order valence-electron chi connectivity index (χ4n) is 1.52. The van der Waals surface area contributed by atoms with Crippen LogP contribution in [0.2, 0.25) is 0 Å². The molecule has 0 aliphatic carbocycles. The minimum atomic E-state index is 0.388. The monoisotopic (exact) mass is 226 g/mol. The van der Waals surface area contributed by atoms with Crippen LogP contribution >= 0.6 is 22.9 Å². The van der Waals surface area contributed by atoms with Crippen LogP contribution < -0.4 is 0 Å². The summed E-state index contributed by atoms with van der Waals surface area (Å²) in [5.74, 6) is 0.931. The van der Waals surface area contributed by atoms with Crippen molar-refractivity contribution in [3.05, 3.63) is 28.6 Å². The minimum absolute atomic E-state index is 0.388. The number of phenols is 1. The van der Waals surface area contributed by atoms with E-state index >= 15 is 0 Å². The van der Waals surface area contributed by atoms with Gasteiger partial charge in [-0.05, 0) is 35.6 Å². The zero-order valence-electron chi connectivity index (χ0n) is 7.88. The number of hydrogen-bond donors (Lipinski definition) is 1. The van der Waals surface area contributed by atoms with Crippen LogP contribution in [-0.4, -0.2) is 5.11 Å². The Morgan fingerprint density at radius 2 is 2.14 bits per heavy atom. The Bertz CT molecular complexity index is 462. The van der Waals surface area contributed by atoms with Crippen LogP contribution in [-0.2, 0) is 12.3 Å². The molecule has 0 aliphatic heterocycles. The van der Waals surface area contributed by atoms with E-state index in [2.05, 4.69) is 0 Å². The molecule has 1 nitrogen and oxygen atoms in total. The summed E-state index contributed by atoms with van der Waals surface area (Å²) in [6, 6.07) is 5.90. The highest BCUT2D eigenvalue weighted by molar-refractivity contribution is 7.19. The minimum Gasteiger partial charge on any atom is -0.508 e. The first-order chi connectivity index (χ1) is 6.74. The summed E-state index contributed by atoms with van der Waals surface area (Å²) < 4.78 is 1.20. The molecule has 2 aromatic rings. The molecule has 1 aromatic carbocycles. The third kappa shape index (κ3) is 1.60. The Labute approximate surface area is 91.9 Å². The van der Waals surface area contributed by atoms with Gasteiger partial charge in [-0.25, -0.2) is 0 Å². The van der Waals surface area contributed by atoms with Crippen molar-refractivity contribution in [3.8, 4) is 5.75 Å². The fraction of sp³-hybridized carbons (Fsp3) is 0.273. The summed E-state index contributed by atoms with van der Waals surface area (Å²) >= 11 is 7.45. The van der Waals surface area contributed by atoms with Crippen molar-refractivity contribution in [2.75, 3.05) is 0 Å². The van der Waals surface area contributed by atoms with Crippen LogP contribution in [0.3, 0.4) is 0 Å². The lowest BCUT2D eigenvalue weighted by molar-refractivity contribution is 0.470. The van der Waals surface area contributed by atoms with E-state index in [0.717, 1.165) is 22.2 Å². The van der Waals surface area contributed by atoms with Crippen molar-refractivity contribution in [1.82, 2.24) is 0 Å². The molecular weight excluding hydrogens is 216 g/mol. The highest BCUT2D eigenvalue weighted by atomic mass is 35.5. The maximum atomic E-state index is 9.66. The van der Waals surface area contributed by atoms with Crippen LogP contribution in [0, 0.1) is 0 Å². The molecule has 0 fully saturated rings. The van der Waals surface area contributed by atoms with Crippen LogP contribution in [0.25, 0.3) is 10.1 Å². The van der Waals surface area contributed by atoms with E-state index in [-0.39, 0.29) is 0 Å². The Morgan fingerprint density at radius 3 is 2.79 bits per heavy atom. The number of aryl methyl sites for hydroxylation is 1. The van der Waals surface area contributed by atoms with E-state index in [1.807, 2.05) is 25.1 Å². The average Bonchev–Trinajstić information content (AvgIpc) is 2.58. The first-order valence-electron chi connectivity index (χ1n) is 4.55. The lowest BCUT2D eigenvalue weighted by Gasteiger charge is -2.00. The molecule has 3 heteroatoms. The molecule has 1 N–H and O–H groups in total. The molecule has 0 radical (unpaired) electrons. The molecule has 0 bridgehead atoms. The molecule has 1 heterocycles. The quantitative estimate of drug-likeness (QED) is 0.770. The number of phenolic OH excluding ortho intramolecular Hbond substituents is 1. The molecular formula is C11H11ClOS. The maximum Gasteiger partial charge on any atom is 0.119 e. The van der Waals surface area contributed by atoms with Gasteiger partial charge in [0.2, 0.25) is 0 Å². The fourth-order valence-corrected chi connectivity index (χ4v) is 2.72. The molecule has 0 spiro atoms. The predicted octanol–water partition coefficient (Wildman–Crippen LogP) is 3.91. The largest absolute Gasteiger partial charge is 0.508 e.